The van der Waals surface area contributed by atoms with Gasteiger partial charge in [0.1, 0.15) is 5.82 Å². The number of rotatable bonds is 7. The fourth-order valence-corrected chi connectivity index (χ4v) is 3.01. The molecule has 2 amide bonds. The first-order valence-corrected chi connectivity index (χ1v) is 8.73. The van der Waals surface area contributed by atoms with E-state index in [1.807, 2.05) is 30.5 Å². The fraction of sp³-hybridized carbons (Fsp3) is 0.300. The quantitative estimate of drug-likeness (QED) is 0.744. The highest BCUT2D eigenvalue weighted by atomic mass is 16.2. The maximum absolute atomic E-state index is 12.3. The number of hydrogen-bond donors (Lipinski definition) is 2. The molecule has 0 saturated heterocycles. The van der Waals surface area contributed by atoms with Crippen molar-refractivity contribution >= 4 is 11.8 Å². The maximum Gasteiger partial charge on any atom is 0.243 e. The molecule has 1 aliphatic carbocycles. The van der Waals surface area contributed by atoms with Gasteiger partial charge in [0.25, 0.3) is 0 Å². The lowest BCUT2D eigenvalue weighted by atomic mass is 10.0. The number of fused-ring (bicyclic) bond motifs is 1. The smallest absolute Gasteiger partial charge is 0.243 e. The van der Waals surface area contributed by atoms with Crippen molar-refractivity contribution in [3.63, 3.8) is 0 Å². The zero-order chi connectivity index (χ0) is 18.4. The van der Waals surface area contributed by atoms with Crippen molar-refractivity contribution in [3.8, 4) is 0 Å². The van der Waals surface area contributed by atoms with Crippen molar-refractivity contribution < 1.29 is 9.59 Å². The highest BCUT2D eigenvalue weighted by Gasteiger charge is 2.14. The lowest BCUT2D eigenvalue weighted by Crippen LogP contribution is -2.27. The summed E-state index contributed by atoms with van der Waals surface area (Å²) in [7, 11) is 0. The number of hydrogen-bond acceptors (Lipinski definition) is 4. The Morgan fingerprint density at radius 1 is 1.12 bits per heavy atom. The van der Waals surface area contributed by atoms with Crippen molar-refractivity contribution in [2.45, 2.75) is 38.8 Å². The summed E-state index contributed by atoms with van der Waals surface area (Å²) < 4.78 is 0. The lowest BCUT2D eigenvalue weighted by molar-refractivity contribution is -0.120. The number of nitrogens with zero attached hydrogens (tertiary/aromatic N) is 2. The molecule has 0 radical (unpaired) electrons. The van der Waals surface area contributed by atoms with E-state index in [-0.39, 0.29) is 18.2 Å². The summed E-state index contributed by atoms with van der Waals surface area (Å²) in [6.45, 7) is 4.11. The van der Waals surface area contributed by atoms with Gasteiger partial charge >= 0.3 is 0 Å². The van der Waals surface area contributed by atoms with Crippen molar-refractivity contribution in [3.05, 3.63) is 71.3 Å². The molecule has 134 valence electrons. The first-order valence-electron chi connectivity index (χ1n) is 8.73. The second-order valence-electron chi connectivity index (χ2n) is 6.26. The first-order chi connectivity index (χ1) is 12.7. The molecule has 26 heavy (non-hydrogen) atoms. The van der Waals surface area contributed by atoms with Gasteiger partial charge in [-0.2, -0.15) is 0 Å². The largest absolute Gasteiger partial charge is 0.349 e. The Kier molecular flexibility index (Phi) is 5.73. The molecule has 0 unspecified atom stereocenters. The van der Waals surface area contributed by atoms with Gasteiger partial charge in [-0.05, 0) is 42.0 Å². The number of nitrogens with one attached hydrogen (secondary N) is 2. The molecule has 0 atom stereocenters. The molecule has 1 aromatic heterocycles. The van der Waals surface area contributed by atoms with Crippen LogP contribution in [0.4, 0.5) is 0 Å². The lowest BCUT2D eigenvalue weighted by Gasteiger charge is -2.10. The summed E-state index contributed by atoms with van der Waals surface area (Å²) >= 11 is 0. The summed E-state index contributed by atoms with van der Waals surface area (Å²) in [5, 5.41) is 5.61. The molecule has 1 aliphatic rings. The van der Waals surface area contributed by atoms with E-state index in [1.54, 1.807) is 0 Å². The third-order valence-corrected chi connectivity index (χ3v) is 4.42. The van der Waals surface area contributed by atoms with Gasteiger partial charge in [0.2, 0.25) is 11.8 Å². The van der Waals surface area contributed by atoms with E-state index in [0.717, 1.165) is 36.1 Å². The number of carbonyl (C=O) groups is 2. The van der Waals surface area contributed by atoms with E-state index >= 15 is 0 Å². The average Bonchev–Trinajstić information content (AvgIpc) is 3.13. The van der Waals surface area contributed by atoms with Crippen LogP contribution in [0.15, 0.2) is 43.1 Å². The van der Waals surface area contributed by atoms with E-state index in [4.69, 9.17) is 0 Å². The second-order valence-corrected chi connectivity index (χ2v) is 6.26. The minimum absolute atomic E-state index is 0.100. The minimum Gasteiger partial charge on any atom is -0.349 e. The van der Waals surface area contributed by atoms with Crippen molar-refractivity contribution in [2.24, 2.45) is 0 Å². The van der Waals surface area contributed by atoms with Gasteiger partial charge in [0.05, 0.1) is 13.0 Å². The number of aryl methyl sites for hydroxylation is 2. The Labute approximate surface area is 152 Å². The minimum atomic E-state index is -0.238. The van der Waals surface area contributed by atoms with E-state index in [0.29, 0.717) is 18.9 Å². The molecule has 1 aromatic carbocycles. The summed E-state index contributed by atoms with van der Waals surface area (Å²) in [4.78, 5) is 32.5. The molecule has 6 heteroatoms. The van der Waals surface area contributed by atoms with E-state index in [1.165, 1.54) is 11.6 Å². The summed E-state index contributed by atoms with van der Waals surface area (Å²) in [5.41, 5.74) is 4.11. The van der Waals surface area contributed by atoms with Crippen LogP contribution >= 0.6 is 0 Å². The highest BCUT2D eigenvalue weighted by molar-refractivity contribution is 5.86. The summed E-state index contributed by atoms with van der Waals surface area (Å²) in [6, 6.07) is 7.55. The van der Waals surface area contributed by atoms with Crippen LogP contribution in [0.25, 0.3) is 0 Å². The molecule has 0 saturated carbocycles. The van der Waals surface area contributed by atoms with Crippen LogP contribution in [-0.4, -0.2) is 21.8 Å². The predicted molar refractivity (Wildman–Crippen MR) is 98.1 cm³/mol. The van der Waals surface area contributed by atoms with Gasteiger partial charge in [-0.1, -0.05) is 30.8 Å². The Balaban J connectivity index is 1.56. The molecule has 0 bridgehead atoms. The van der Waals surface area contributed by atoms with Crippen LogP contribution in [0.2, 0.25) is 0 Å². The summed E-state index contributed by atoms with van der Waals surface area (Å²) in [5.74, 6) is 0.306. The normalized spacial score (nSPS) is 12.3. The molecule has 2 N–H and O–H groups in total. The fourth-order valence-electron chi connectivity index (χ4n) is 3.01. The first kappa shape index (κ1) is 17.8. The predicted octanol–water partition coefficient (Wildman–Crippen LogP) is 1.63. The van der Waals surface area contributed by atoms with Gasteiger partial charge < -0.3 is 10.6 Å². The Morgan fingerprint density at radius 3 is 2.73 bits per heavy atom. The molecule has 0 fully saturated rings. The van der Waals surface area contributed by atoms with Crippen molar-refractivity contribution in [1.82, 2.24) is 20.6 Å². The van der Waals surface area contributed by atoms with Gasteiger partial charge in [0, 0.05) is 18.4 Å². The van der Waals surface area contributed by atoms with E-state index < -0.39 is 0 Å². The maximum atomic E-state index is 12.3. The Morgan fingerprint density at radius 2 is 1.92 bits per heavy atom. The Bertz CT molecular complexity index is 832. The number of carbonyl (C=O) groups excluding carboxylic acids is 2. The molecule has 6 nitrogen and oxygen atoms in total. The van der Waals surface area contributed by atoms with Crippen molar-refractivity contribution in [2.75, 3.05) is 0 Å². The van der Waals surface area contributed by atoms with Crippen LogP contribution in [0.5, 0.6) is 0 Å². The topological polar surface area (TPSA) is 84.0 Å². The molecular weight excluding hydrogens is 328 g/mol. The zero-order valence-electron chi connectivity index (χ0n) is 14.6. The molecule has 1 heterocycles. The molecule has 0 spiro atoms. The standard InChI is InChI=1S/C20H22N4O2/c1-2-19(25)22-11-15-7-4-3-6-14(15)10-20(26)23-13-18-21-12-16-8-5-9-17(16)24-18/h2-4,6-7,12H,1,5,8-11,13H2,(H,22,25)(H,23,26). The number of benzene rings is 1. The number of amides is 2. The molecule has 2 aromatic rings. The third kappa shape index (κ3) is 4.53. The number of aromatic nitrogens is 2. The van der Waals surface area contributed by atoms with E-state index in [2.05, 4.69) is 27.2 Å². The SMILES string of the molecule is C=CC(=O)NCc1ccccc1CC(=O)NCc1ncc2c(n1)CCC2. The van der Waals surface area contributed by atoms with Gasteiger partial charge in [0.15, 0.2) is 0 Å². The second kappa shape index (κ2) is 8.38. The van der Waals surface area contributed by atoms with Crippen LogP contribution in [-0.2, 0) is 41.9 Å². The average molecular weight is 350 g/mol. The van der Waals surface area contributed by atoms with Crippen LogP contribution in [0.1, 0.15) is 34.6 Å². The summed E-state index contributed by atoms with van der Waals surface area (Å²) in [6.07, 6.45) is 6.49. The zero-order valence-corrected chi connectivity index (χ0v) is 14.6. The van der Waals surface area contributed by atoms with Crippen LogP contribution < -0.4 is 10.6 Å². The third-order valence-electron chi connectivity index (χ3n) is 4.42. The van der Waals surface area contributed by atoms with Crippen LogP contribution in [0.3, 0.4) is 0 Å². The molecular formula is C20H22N4O2. The highest BCUT2D eigenvalue weighted by Crippen LogP contribution is 2.18. The van der Waals surface area contributed by atoms with Gasteiger partial charge in [-0.3, -0.25) is 9.59 Å². The molecule has 3 rings (SSSR count). The van der Waals surface area contributed by atoms with Crippen LogP contribution in [0, 0.1) is 0 Å². The Hall–Kier alpha value is -3.02. The van der Waals surface area contributed by atoms with E-state index in [9.17, 15) is 9.59 Å². The molecule has 0 aliphatic heterocycles. The van der Waals surface area contributed by atoms with Gasteiger partial charge in [-0.15, -0.1) is 0 Å². The van der Waals surface area contributed by atoms with Gasteiger partial charge in [-0.25, -0.2) is 9.97 Å². The van der Waals surface area contributed by atoms with Crippen molar-refractivity contribution in [1.29, 1.82) is 0 Å². The monoisotopic (exact) mass is 350 g/mol.